The minimum Gasteiger partial charge on any atom is -0.345 e. The summed E-state index contributed by atoms with van der Waals surface area (Å²) in [4.78, 5) is 28.5. The summed E-state index contributed by atoms with van der Waals surface area (Å²) in [5, 5.41) is 13.7. The number of thioether (sulfide) groups is 1. The fourth-order valence-corrected chi connectivity index (χ4v) is 6.00. The van der Waals surface area contributed by atoms with E-state index < -0.39 is 11.2 Å². The molecule has 1 saturated heterocycles. The number of carbonyl (C=O) groups excluding carboxylic acids is 2. The molecule has 1 aliphatic rings. The van der Waals surface area contributed by atoms with Gasteiger partial charge in [-0.05, 0) is 79.8 Å². The molecule has 0 radical (unpaired) electrons. The summed E-state index contributed by atoms with van der Waals surface area (Å²) >= 11 is 13.6. The lowest BCUT2D eigenvalue weighted by atomic mass is 10.1. The van der Waals surface area contributed by atoms with Gasteiger partial charge in [-0.1, -0.05) is 71.4 Å². The molecule has 1 aliphatic heterocycles. The van der Waals surface area contributed by atoms with Crippen LogP contribution in [0.3, 0.4) is 0 Å². The molecule has 5 nitrogen and oxygen atoms in total. The fraction of sp³-hybridized carbons (Fsp3) is 0.207. The first-order valence-electron chi connectivity index (χ1n) is 11.7. The number of anilines is 1. The standard InChI is InChI=1S/C29H25Cl2N3O2S/c1-17-9-10-24(11-18(17)2)34-28(36)26(14-20-12-22(30)15-23(31)13-20)37-29(34)25(16-32)27(35)33-19(3)21-7-5-4-6-8-21/h4-13,15,19,26H,14H2,1-3H3,(H,33,35)/b29-25-. The van der Waals surface area contributed by atoms with Crippen molar-refractivity contribution in [1.29, 1.82) is 5.26 Å². The summed E-state index contributed by atoms with van der Waals surface area (Å²) in [5.74, 6) is -0.745. The Hall–Kier alpha value is -3.24. The molecule has 0 aliphatic carbocycles. The molecule has 2 amide bonds. The van der Waals surface area contributed by atoms with Gasteiger partial charge in [0.05, 0.1) is 11.3 Å². The molecule has 1 N–H and O–H groups in total. The van der Waals surface area contributed by atoms with Gasteiger partial charge in [0.25, 0.3) is 5.91 Å². The molecule has 3 aromatic carbocycles. The Morgan fingerprint density at radius 2 is 1.73 bits per heavy atom. The van der Waals surface area contributed by atoms with Crippen LogP contribution in [0.25, 0.3) is 0 Å². The normalized spacial score (nSPS) is 17.4. The smallest absolute Gasteiger partial charge is 0.265 e. The van der Waals surface area contributed by atoms with Crippen molar-refractivity contribution >= 4 is 52.5 Å². The number of aryl methyl sites for hydroxylation is 2. The highest BCUT2D eigenvalue weighted by molar-refractivity contribution is 8.05. The van der Waals surface area contributed by atoms with Crippen LogP contribution >= 0.6 is 35.0 Å². The Labute approximate surface area is 231 Å². The molecule has 2 atom stereocenters. The predicted octanol–water partition coefficient (Wildman–Crippen LogP) is 6.91. The van der Waals surface area contributed by atoms with E-state index in [0.29, 0.717) is 27.2 Å². The SMILES string of the molecule is Cc1ccc(N2C(=O)C(Cc3cc(Cl)cc(Cl)c3)S/C2=C(/C#N)C(=O)NC(C)c2ccccc2)cc1C. The van der Waals surface area contributed by atoms with Crippen molar-refractivity contribution in [3.8, 4) is 6.07 Å². The predicted molar refractivity (Wildman–Crippen MR) is 151 cm³/mol. The minimum atomic E-state index is -0.561. The average Bonchev–Trinajstić information content (AvgIpc) is 3.16. The molecule has 0 bridgehead atoms. The van der Waals surface area contributed by atoms with E-state index in [0.717, 1.165) is 22.3 Å². The van der Waals surface area contributed by atoms with Gasteiger partial charge in [-0.2, -0.15) is 5.26 Å². The molecule has 3 aromatic rings. The van der Waals surface area contributed by atoms with Gasteiger partial charge in [-0.25, -0.2) is 0 Å². The van der Waals surface area contributed by atoms with Gasteiger partial charge in [0.1, 0.15) is 16.7 Å². The summed E-state index contributed by atoms with van der Waals surface area (Å²) in [6.45, 7) is 5.80. The maximum Gasteiger partial charge on any atom is 0.265 e. The molecule has 188 valence electrons. The van der Waals surface area contributed by atoms with Gasteiger partial charge in [0.15, 0.2) is 0 Å². The largest absolute Gasteiger partial charge is 0.345 e. The number of hydrogen-bond acceptors (Lipinski definition) is 4. The van der Waals surface area contributed by atoms with Crippen molar-refractivity contribution in [2.45, 2.75) is 38.5 Å². The zero-order valence-electron chi connectivity index (χ0n) is 20.6. The first kappa shape index (κ1) is 26.8. The van der Waals surface area contributed by atoms with Crippen LogP contribution in [0, 0.1) is 25.2 Å². The Balaban J connectivity index is 1.73. The molecular weight excluding hydrogens is 525 g/mol. The van der Waals surface area contributed by atoms with Gasteiger partial charge in [-0.3, -0.25) is 14.5 Å². The van der Waals surface area contributed by atoms with Crippen LogP contribution in [-0.4, -0.2) is 17.1 Å². The number of hydrogen-bond donors (Lipinski definition) is 1. The number of nitrogens with zero attached hydrogens (tertiary/aromatic N) is 2. The van der Waals surface area contributed by atoms with Crippen LogP contribution in [0.4, 0.5) is 5.69 Å². The number of benzene rings is 3. The highest BCUT2D eigenvalue weighted by atomic mass is 35.5. The van der Waals surface area contributed by atoms with Crippen LogP contribution in [-0.2, 0) is 16.0 Å². The summed E-state index contributed by atoms with van der Waals surface area (Å²) in [6, 6.07) is 22.1. The second kappa shape index (κ2) is 11.4. The number of nitrogens with one attached hydrogen (secondary N) is 1. The van der Waals surface area contributed by atoms with E-state index in [1.54, 1.807) is 18.2 Å². The number of rotatable bonds is 6. The van der Waals surface area contributed by atoms with Crippen molar-refractivity contribution in [1.82, 2.24) is 5.32 Å². The quantitative estimate of drug-likeness (QED) is 0.267. The third-order valence-electron chi connectivity index (χ3n) is 6.24. The minimum absolute atomic E-state index is 0.106. The number of amides is 2. The Morgan fingerprint density at radius 1 is 1.05 bits per heavy atom. The summed E-state index contributed by atoms with van der Waals surface area (Å²) < 4.78 is 0. The van der Waals surface area contributed by atoms with E-state index in [9.17, 15) is 14.9 Å². The lowest BCUT2D eigenvalue weighted by Gasteiger charge is -2.20. The van der Waals surface area contributed by atoms with E-state index in [1.165, 1.54) is 16.7 Å². The lowest BCUT2D eigenvalue weighted by Crippen LogP contribution is -2.33. The molecule has 1 heterocycles. The van der Waals surface area contributed by atoms with Crippen LogP contribution in [0.15, 0.2) is 77.3 Å². The first-order valence-corrected chi connectivity index (χ1v) is 13.3. The zero-order chi connectivity index (χ0) is 26.7. The maximum absolute atomic E-state index is 13.7. The van der Waals surface area contributed by atoms with E-state index in [1.807, 2.05) is 69.3 Å². The Morgan fingerprint density at radius 3 is 2.35 bits per heavy atom. The molecule has 2 unspecified atom stereocenters. The van der Waals surface area contributed by atoms with E-state index in [-0.39, 0.29) is 17.5 Å². The molecule has 0 saturated carbocycles. The van der Waals surface area contributed by atoms with Crippen LogP contribution in [0.5, 0.6) is 0 Å². The van der Waals surface area contributed by atoms with Gasteiger partial charge < -0.3 is 5.32 Å². The van der Waals surface area contributed by atoms with E-state index in [2.05, 4.69) is 11.4 Å². The molecule has 0 aromatic heterocycles. The zero-order valence-corrected chi connectivity index (χ0v) is 22.9. The number of halogens is 2. The van der Waals surface area contributed by atoms with E-state index in [4.69, 9.17) is 23.2 Å². The Bertz CT molecular complexity index is 1410. The molecule has 8 heteroatoms. The average molecular weight is 551 g/mol. The molecule has 0 spiro atoms. The second-order valence-electron chi connectivity index (χ2n) is 8.93. The number of nitriles is 1. The fourth-order valence-electron chi connectivity index (χ4n) is 4.12. The van der Waals surface area contributed by atoms with Crippen LogP contribution < -0.4 is 10.2 Å². The Kier molecular flexibility index (Phi) is 8.29. The second-order valence-corrected chi connectivity index (χ2v) is 11.0. The molecule has 4 rings (SSSR count). The third kappa shape index (κ3) is 6.02. The highest BCUT2D eigenvalue weighted by Crippen LogP contribution is 2.42. The molecule has 1 fully saturated rings. The van der Waals surface area contributed by atoms with Gasteiger partial charge in [0.2, 0.25) is 5.91 Å². The van der Waals surface area contributed by atoms with Crippen LogP contribution in [0.1, 0.15) is 35.2 Å². The number of carbonyl (C=O) groups is 2. The lowest BCUT2D eigenvalue weighted by molar-refractivity contribution is -0.117. The third-order valence-corrected chi connectivity index (χ3v) is 7.94. The van der Waals surface area contributed by atoms with Crippen molar-refractivity contribution in [2.24, 2.45) is 0 Å². The molecular formula is C29H25Cl2N3O2S. The highest BCUT2D eigenvalue weighted by Gasteiger charge is 2.41. The van der Waals surface area contributed by atoms with Crippen molar-refractivity contribution in [3.63, 3.8) is 0 Å². The monoisotopic (exact) mass is 549 g/mol. The van der Waals surface area contributed by atoms with Gasteiger partial charge in [-0.15, -0.1) is 0 Å². The summed E-state index contributed by atoms with van der Waals surface area (Å²) in [5.41, 5.74) is 4.29. The first-order chi connectivity index (χ1) is 17.7. The summed E-state index contributed by atoms with van der Waals surface area (Å²) in [6.07, 6.45) is 0.343. The van der Waals surface area contributed by atoms with Crippen molar-refractivity contribution in [2.75, 3.05) is 4.90 Å². The molecule has 37 heavy (non-hydrogen) atoms. The van der Waals surface area contributed by atoms with Crippen molar-refractivity contribution < 1.29 is 9.59 Å². The van der Waals surface area contributed by atoms with Crippen LogP contribution in [0.2, 0.25) is 10.0 Å². The van der Waals surface area contributed by atoms with Gasteiger partial charge >= 0.3 is 0 Å². The van der Waals surface area contributed by atoms with Gasteiger partial charge in [0, 0.05) is 15.7 Å². The topological polar surface area (TPSA) is 73.2 Å². The maximum atomic E-state index is 13.7. The summed E-state index contributed by atoms with van der Waals surface area (Å²) in [7, 11) is 0. The van der Waals surface area contributed by atoms with Crippen molar-refractivity contribution in [3.05, 3.63) is 110 Å². The van der Waals surface area contributed by atoms with E-state index >= 15 is 0 Å².